The fourth-order valence-corrected chi connectivity index (χ4v) is 2.06. The maximum Gasteiger partial charge on any atom is 0.217 e. The summed E-state index contributed by atoms with van der Waals surface area (Å²) in [6.07, 6.45) is 2.99. The maximum absolute atomic E-state index is 5.80. The van der Waals surface area contributed by atoms with E-state index >= 15 is 0 Å². The van der Waals surface area contributed by atoms with E-state index in [4.69, 9.17) is 4.74 Å². The Morgan fingerprint density at radius 1 is 1.35 bits per heavy atom. The zero-order chi connectivity index (χ0) is 12.4. The molecule has 0 saturated heterocycles. The molecule has 2 nitrogen and oxygen atoms in total. The first-order valence-corrected chi connectivity index (χ1v) is 6.08. The van der Waals surface area contributed by atoms with E-state index < -0.39 is 0 Å². The van der Waals surface area contributed by atoms with Crippen molar-refractivity contribution < 1.29 is 4.74 Å². The van der Waals surface area contributed by atoms with Gasteiger partial charge in [0.2, 0.25) is 5.90 Å². The van der Waals surface area contributed by atoms with Crippen LogP contribution < -0.4 is 4.74 Å². The first-order valence-electron chi connectivity index (χ1n) is 6.08. The highest BCUT2D eigenvalue weighted by molar-refractivity contribution is 5.97. The van der Waals surface area contributed by atoms with Crippen molar-refractivity contribution in [1.29, 1.82) is 0 Å². The van der Waals surface area contributed by atoms with Gasteiger partial charge in [-0.2, -0.15) is 0 Å². The lowest BCUT2D eigenvalue weighted by atomic mass is 9.95. The summed E-state index contributed by atoms with van der Waals surface area (Å²) < 4.78 is 5.80. The van der Waals surface area contributed by atoms with Crippen molar-refractivity contribution >= 4 is 5.90 Å². The van der Waals surface area contributed by atoms with Crippen molar-refractivity contribution in [2.75, 3.05) is 7.05 Å². The molecule has 0 aromatic heterocycles. The van der Waals surface area contributed by atoms with Crippen molar-refractivity contribution in [3.63, 3.8) is 0 Å². The van der Waals surface area contributed by atoms with E-state index in [9.17, 15) is 0 Å². The molecule has 0 fully saturated rings. The summed E-state index contributed by atoms with van der Waals surface area (Å²) in [5.74, 6) is 2.24. The average molecular weight is 229 g/mol. The van der Waals surface area contributed by atoms with Crippen LogP contribution >= 0.6 is 0 Å². The third kappa shape index (κ3) is 2.26. The Kier molecular flexibility index (Phi) is 3.32. The van der Waals surface area contributed by atoms with Crippen LogP contribution in [0.15, 0.2) is 34.8 Å². The second-order valence-electron chi connectivity index (χ2n) is 4.64. The summed E-state index contributed by atoms with van der Waals surface area (Å²) in [4.78, 5) is 4.18. The van der Waals surface area contributed by atoms with Gasteiger partial charge in [-0.3, -0.25) is 4.99 Å². The second kappa shape index (κ2) is 4.74. The molecule has 2 rings (SSSR count). The van der Waals surface area contributed by atoms with Crippen LogP contribution in [0.1, 0.15) is 37.8 Å². The number of benzene rings is 1. The predicted molar refractivity (Wildman–Crippen MR) is 72.0 cm³/mol. The van der Waals surface area contributed by atoms with Gasteiger partial charge in [0.15, 0.2) is 0 Å². The minimum absolute atomic E-state index is 0.551. The number of rotatable bonds is 1. The first kappa shape index (κ1) is 11.9. The molecule has 17 heavy (non-hydrogen) atoms. The van der Waals surface area contributed by atoms with Crippen molar-refractivity contribution in [2.45, 2.75) is 33.1 Å². The highest BCUT2D eigenvalue weighted by Crippen LogP contribution is 2.31. The number of fused-ring (bicyclic) bond motifs is 1. The van der Waals surface area contributed by atoms with Crippen LogP contribution in [0.25, 0.3) is 0 Å². The monoisotopic (exact) mass is 229 g/mol. The standard InChI is InChI=1S/C15H19NO/c1-5-11-8-13-9-12(10(2)3)6-7-14(13)17-15(11)16-4/h5-7,9-10H,8H2,1-4H3/b11-5-,16-15+. The van der Waals surface area contributed by atoms with E-state index in [0.29, 0.717) is 5.92 Å². The molecule has 1 aliphatic heterocycles. The van der Waals surface area contributed by atoms with Gasteiger partial charge in [-0.1, -0.05) is 32.1 Å². The zero-order valence-electron chi connectivity index (χ0n) is 10.9. The Labute approximate surface area is 103 Å². The lowest BCUT2D eigenvalue weighted by Crippen LogP contribution is -2.20. The van der Waals surface area contributed by atoms with Gasteiger partial charge in [0.1, 0.15) is 5.75 Å². The molecular formula is C15H19NO. The maximum atomic E-state index is 5.80. The second-order valence-corrected chi connectivity index (χ2v) is 4.64. The van der Waals surface area contributed by atoms with Crippen LogP contribution in [0.4, 0.5) is 0 Å². The van der Waals surface area contributed by atoms with E-state index in [-0.39, 0.29) is 0 Å². The molecule has 0 spiro atoms. The van der Waals surface area contributed by atoms with Crippen LogP contribution in [0.5, 0.6) is 5.75 Å². The smallest absolute Gasteiger partial charge is 0.217 e. The molecule has 2 heteroatoms. The number of aliphatic imine (C=N–C) groups is 1. The van der Waals surface area contributed by atoms with Crippen molar-refractivity contribution in [3.05, 3.63) is 41.0 Å². The van der Waals surface area contributed by atoms with E-state index in [0.717, 1.165) is 18.1 Å². The van der Waals surface area contributed by atoms with Crippen molar-refractivity contribution in [1.82, 2.24) is 0 Å². The molecule has 0 aliphatic carbocycles. The van der Waals surface area contributed by atoms with E-state index in [1.165, 1.54) is 16.7 Å². The van der Waals surface area contributed by atoms with Crippen LogP contribution in [-0.2, 0) is 6.42 Å². The molecule has 0 radical (unpaired) electrons. The Balaban J connectivity index is 2.42. The van der Waals surface area contributed by atoms with E-state index in [1.54, 1.807) is 7.05 Å². The summed E-state index contributed by atoms with van der Waals surface area (Å²) in [7, 11) is 1.77. The number of hydrogen-bond acceptors (Lipinski definition) is 2. The fourth-order valence-electron chi connectivity index (χ4n) is 2.06. The lowest BCUT2D eigenvalue weighted by molar-refractivity contribution is 0.527. The van der Waals surface area contributed by atoms with Crippen molar-refractivity contribution in [3.8, 4) is 5.75 Å². The van der Waals surface area contributed by atoms with Gasteiger partial charge in [0.05, 0.1) is 0 Å². The van der Waals surface area contributed by atoms with Gasteiger partial charge in [-0.25, -0.2) is 0 Å². The lowest BCUT2D eigenvalue weighted by Gasteiger charge is -2.22. The third-order valence-corrected chi connectivity index (χ3v) is 3.16. The molecule has 90 valence electrons. The van der Waals surface area contributed by atoms with Gasteiger partial charge >= 0.3 is 0 Å². The summed E-state index contributed by atoms with van der Waals surface area (Å²) >= 11 is 0. The molecule has 1 aliphatic rings. The summed E-state index contributed by atoms with van der Waals surface area (Å²) in [6.45, 7) is 6.45. The Morgan fingerprint density at radius 2 is 2.12 bits per heavy atom. The first-order chi connectivity index (χ1) is 8.15. The summed E-state index contributed by atoms with van der Waals surface area (Å²) in [5.41, 5.74) is 3.79. The molecule has 0 amide bonds. The molecule has 0 saturated carbocycles. The predicted octanol–water partition coefficient (Wildman–Crippen LogP) is 3.72. The molecule has 0 N–H and O–H groups in total. The number of hydrogen-bond donors (Lipinski definition) is 0. The van der Waals surface area contributed by atoms with E-state index in [2.05, 4.69) is 43.1 Å². The quantitative estimate of drug-likeness (QED) is 0.719. The topological polar surface area (TPSA) is 21.6 Å². The van der Waals surface area contributed by atoms with Gasteiger partial charge in [0, 0.05) is 19.0 Å². The average Bonchev–Trinajstić information content (AvgIpc) is 2.36. The molecule has 1 aromatic rings. The molecule has 1 aromatic carbocycles. The summed E-state index contributed by atoms with van der Waals surface area (Å²) in [6, 6.07) is 6.44. The van der Waals surface area contributed by atoms with Crippen LogP contribution in [-0.4, -0.2) is 12.9 Å². The van der Waals surface area contributed by atoms with Crippen molar-refractivity contribution in [2.24, 2.45) is 4.99 Å². The highest BCUT2D eigenvalue weighted by Gasteiger charge is 2.20. The zero-order valence-corrected chi connectivity index (χ0v) is 10.9. The number of nitrogens with zero attached hydrogens (tertiary/aromatic N) is 1. The minimum Gasteiger partial charge on any atom is -0.439 e. The van der Waals surface area contributed by atoms with Gasteiger partial charge in [0.25, 0.3) is 0 Å². The van der Waals surface area contributed by atoms with Gasteiger partial charge < -0.3 is 4.74 Å². The van der Waals surface area contributed by atoms with Crippen LogP contribution in [0.3, 0.4) is 0 Å². The van der Waals surface area contributed by atoms with Gasteiger partial charge in [-0.05, 0) is 30.0 Å². The molecule has 0 bridgehead atoms. The largest absolute Gasteiger partial charge is 0.439 e. The van der Waals surface area contributed by atoms with Crippen LogP contribution in [0.2, 0.25) is 0 Å². The van der Waals surface area contributed by atoms with E-state index in [1.807, 2.05) is 6.92 Å². The molecular weight excluding hydrogens is 210 g/mol. The Hall–Kier alpha value is -1.57. The molecule has 0 unspecified atom stereocenters. The number of allylic oxidation sites excluding steroid dienone is 1. The number of ether oxygens (including phenoxy) is 1. The van der Waals surface area contributed by atoms with Gasteiger partial charge in [-0.15, -0.1) is 0 Å². The molecule has 1 heterocycles. The highest BCUT2D eigenvalue weighted by atomic mass is 16.5. The molecule has 0 atom stereocenters. The Bertz CT molecular complexity index is 484. The third-order valence-electron chi connectivity index (χ3n) is 3.16. The fraction of sp³-hybridized carbons (Fsp3) is 0.400. The Morgan fingerprint density at radius 3 is 2.71 bits per heavy atom. The van der Waals surface area contributed by atoms with Crippen LogP contribution in [0, 0.1) is 0 Å². The minimum atomic E-state index is 0.551. The summed E-state index contributed by atoms with van der Waals surface area (Å²) in [5, 5.41) is 0. The SMILES string of the molecule is C/C=C1/Cc2cc(C(C)C)ccc2O/C1=N/C. The normalized spacial score (nSPS) is 19.6.